The van der Waals surface area contributed by atoms with Crippen molar-refractivity contribution in [3.63, 3.8) is 0 Å². The first-order valence-corrected chi connectivity index (χ1v) is 12.6. The number of anilines is 1. The number of carbonyl (C=O) groups excluding carboxylic acids is 1. The molecule has 0 aliphatic heterocycles. The Labute approximate surface area is 208 Å². The van der Waals surface area contributed by atoms with E-state index in [9.17, 15) is 23.3 Å². The molecule has 0 bridgehead atoms. The van der Waals surface area contributed by atoms with Gasteiger partial charge in [0.05, 0.1) is 20.6 Å². The van der Waals surface area contributed by atoms with Crippen LogP contribution >= 0.6 is 34.5 Å². The summed E-state index contributed by atoms with van der Waals surface area (Å²) in [6.07, 6.45) is 1.41. The number of rotatable bonds is 4. The SMILES string of the molecule is Cc1ccc2c(=O)n(-c3ccc(NC(=O)NS(=O)(=O)c4ccc(Cl)s4)cc3Cl)cc(C#N)c2c1. The number of nitrogens with zero attached hydrogens (tertiary/aromatic N) is 2. The van der Waals surface area contributed by atoms with Crippen LogP contribution in [-0.2, 0) is 10.0 Å². The molecule has 2 aromatic heterocycles. The Hall–Kier alpha value is -3.36. The highest BCUT2D eigenvalue weighted by Crippen LogP contribution is 2.27. The average Bonchev–Trinajstić information content (AvgIpc) is 3.21. The van der Waals surface area contributed by atoms with Crippen molar-refractivity contribution < 1.29 is 13.2 Å². The lowest BCUT2D eigenvalue weighted by Crippen LogP contribution is -2.33. The molecule has 0 unspecified atom stereocenters. The molecule has 0 spiro atoms. The summed E-state index contributed by atoms with van der Waals surface area (Å²) in [7, 11) is -4.09. The number of benzene rings is 2. The van der Waals surface area contributed by atoms with Crippen LogP contribution in [0.2, 0.25) is 9.36 Å². The van der Waals surface area contributed by atoms with E-state index in [-0.39, 0.29) is 30.5 Å². The normalized spacial score (nSPS) is 11.2. The molecule has 2 heterocycles. The molecule has 8 nitrogen and oxygen atoms in total. The van der Waals surface area contributed by atoms with E-state index in [1.807, 2.05) is 11.6 Å². The summed E-state index contributed by atoms with van der Waals surface area (Å²) in [4.78, 5) is 25.3. The monoisotopic (exact) mass is 532 g/mol. The Morgan fingerprint density at radius 2 is 1.85 bits per heavy atom. The van der Waals surface area contributed by atoms with E-state index in [0.717, 1.165) is 16.9 Å². The number of aryl methyl sites for hydroxylation is 1. The predicted molar refractivity (Wildman–Crippen MR) is 133 cm³/mol. The highest BCUT2D eigenvalue weighted by molar-refractivity contribution is 7.92. The number of nitrogens with one attached hydrogen (secondary N) is 2. The fraction of sp³-hybridized carbons (Fsp3) is 0.0455. The molecule has 2 amide bonds. The molecule has 4 rings (SSSR count). The maximum absolute atomic E-state index is 13.1. The Morgan fingerprint density at radius 3 is 2.50 bits per heavy atom. The summed E-state index contributed by atoms with van der Waals surface area (Å²) in [5.74, 6) is 0. The first-order chi connectivity index (χ1) is 16.1. The van der Waals surface area contributed by atoms with Crippen molar-refractivity contribution in [1.29, 1.82) is 5.26 Å². The number of carbonyl (C=O) groups is 1. The van der Waals surface area contributed by atoms with Gasteiger partial charge >= 0.3 is 6.03 Å². The molecule has 4 aromatic rings. The van der Waals surface area contributed by atoms with Crippen LogP contribution in [-0.4, -0.2) is 19.0 Å². The number of aromatic nitrogens is 1. The lowest BCUT2D eigenvalue weighted by molar-refractivity contribution is 0.256. The number of pyridine rings is 1. The molecular formula is C22H14Cl2N4O4S2. The Morgan fingerprint density at radius 1 is 1.09 bits per heavy atom. The molecule has 0 radical (unpaired) electrons. The molecule has 0 aliphatic rings. The fourth-order valence-corrected chi connectivity index (χ4v) is 5.94. The van der Waals surface area contributed by atoms with Crippen LogP contribution in [0.15, 0.2) is 63.7 Å². The van der Waals surface area contributed by atoms with Crippen LogP contribution in [0.3, 0.4) is 0 Å². The number of hydrogen-bond donors (Lipinski definition) is 2. The zero-order valence-electron chi connectivity index (χ0n) is 17.3. The van der Waals surface area contributed by atoms with E-state index in [4.69, 9.17) is 23.2 Å². The second-order valence-electron chi connectivity index (χ2n) is 7.16. The second-order valence-corrected chi connectivity index (χ2v) is 11.2. The third-order valence-corrected chi connectivity index (χ3v) is 8.16. The zero-order valence-corrected chi connectivity index (χ0v) is 20.4. The van der Waals surface area contributed by atoms with Crippen molar-refractivity contribution in [2.45, 2.75) is 11.1 Å². The number of fused-ring (bicyclic) bond motifs is 1. The molecule has 12 heteroatoms. The fourth-order valence-electron chi connectivity index (χ4n) is 3.27. The Bertz CT molecular complexity index is 1670. The summed E-state index contributed by atoms with van der Waals surface area (Å²) in [6, 6.07) is 13.3. The maximum atomic E-state index is 13.1. The van der Waals surface area contributed by atoms with Crippen molar-refractivity contribution in [2.24, 2.45) is 0 Å². The smallest absolute Gasteiger partial charge is 0.307 e. The standard InChI is InChI=1S/C22H14Cl2N4O4S2/c1-12-2-4-15-16(8-12)13(10-25)11-28(21(15)29)18-5-3-14(9-17(18)23)26-22(30)27-34(31,32)20-7-6-19(24)33-20/h2-9,11H,1H3,(H2,26,27,30). The van der Waals surface area contributed by atoms with Crippen LogP contribution in [0, 0.1) is 18.3 Å². The second kappa shape index (κ2) is 9.12. The van der Waals surface area contributed by atoms with Crippen molar-refractivity contribution in [3.8, 4) is 11.8 Å². The summed E-state index contributed by atoms with van der Waals surface area (Å²) >= 11 is 12.9. The van der Waals surface area contributed by atoms with Crippen LogP contribution < -0.4 is 15.6 Å². The number of sulfonamides is 1. The van der Waals surface area contributed by atoms with Gasteiger partial charge in [-0.2, -0.15) is 5.26 Å². The molecular weight excluding hydrogens is 519 g/mol. The number of hydrogen-bond acceptors (Lipinski definition) is 6. The maximum Gasteiger partial charge on any atom is 0.333 e. The van der Waals surface area contributed by atoms with Crippen LogP contribution in [0.25, 0.3) is 16.5 Å². The zero-order chi connectivity index (χ0) is 24.6. The van der Waals surface area contributed by atoms with E-state index in [2.05, 4.69) is 11.4 Å². The molecule has 0 saturated heterocycles. The lowest BCUT2D eigenvalue weighted by Gasteiger charge is -2.13. The number of urea groups is 1. The summed E-state index contributed by atoms with van der Waals surface area (Å²) < 4.78 is 27.8. The quantitative estimate of drug-likeness (QED) is 0.380. The van der Waals surface area contributed by atoms with Crippen LogP contribution in [0.1, 0.15) is 11.1 Å². The van der Waals surface area contributed by atoms with Crippen LogP contribution in [0.5, 0.6) is 0 Å². The number of nitriles is 1. The first-order valence-electron chi connectivity index (χ1n) is 9.54. The van der Waals surface area contributed by atoms with Crippen molar-refractivity contribution in [2.75, 3.05) is 5.32 Å². The Balaban J connectivity index is 1.63. The van der Waals surface area contributed by atoms with Gasteiger partial charge in [-0.1, -0.05) is 34.8 Å². The third kappa shape index (κ3) is 4.64. The minimum absolute atomic E-state index is 0.100. The predicted octanol–water partition coefficient (Wildman–Crippen LogP) is 5.05. The molecule has 0 saturated carbocycles. The van der Waals surface area contributed by atoms with Gasteiger partial charge in [0.15, 0.2) is 0 Å². The highest BCUT2D eigenvalue weighted by Gasteiger charge is 2.20. The summed E-state index contributed by atoms with van der Waals surface area (Å²) in [6.45, 7) is 1.87. The van der Waals surface area contributed by atoms with Gasteiger partial charge in [0.2, 0.25) is 0 Å². The van der Waals surface area contributed by atoms with Gasteiger partial charge in [-0.25, -0.2) is 17.9 Å². The first kappa shape index (κ1) is 23.8. The topological polar surface area (TPSA) is 121 Å². The molecule has 2 N–H and O–H groups in total. The molecule has 0 fully saturated rings. The van der Waals surface area contributed by atoms with E-state index < -0.39 is 16.1 Å². The molecule has 34 heavy (non-hydrogen) atoms. The van der Waals surface area contributed by atoms with E-state index in [1.165, 1.54) is 41.1 Å². The Kier molecular flexibility index (Phi) is 6.38. The van der Waals surface area contributed by atoms with Gasteiger partial charge in [0.25, 0.3) is 15.6 Å². The van der Waals surface area contributed by atoms with Gasteiger partial charge in [-0.3, -0.25) is 9.36 Å². The van der Waals surface area contributed by atoms with Crippen molar-refractivity contribution in [1.82, 2.24) is 9.29 Å². The molecule has 2 aromatic carbocycles. The van der Waals surface area contributed by atoms with E-state index >= 15 is 0 Å². The largest absolute Gasteiger partial charge is 0.333 e. The highest BCUT2D eigenvalue weighted by atomic mass is 35.5. The van der Waals surface area contributed by atoms with Crippen molar-refractivity contribution in [3.05, 3.63) is 85.6 Å². The average molecular weight is 533 g/mol. The van der Waals surface area contributed by atoms with E-state index in [0.29, 0.717) is 16.3 Å². The van der Waals surface area contributed by atoms with Gasteiger partial charge in [-0.05, 0) is 49.4 Å². The minimum Gasteiger partial charge on any atom is -0.307 e. The number of amides is 2. The summed E-state index contributed by atoms with van der Waals surface area (Å²) in [5, 5.41) is 13.0. The van der Waals surface area contributed by atoms with Gasteiger partial charge in [0.1, 0.15) is 10.3 Å². The lowest BCUT2D eigenvalue weighted by atomic mass is 10.1. The van der Waals surface area contributed by atoms with Crippen LogP contribution in [0.4, 0.5) is 10.5 Å². The molecule has 0 aliphatic carbocycles. The van der Waals surface area contributed by atoms with Crippen molar-refractivity contribution >= 4 is 67.1 Å². The van der Waals surface area contributed by atoms with Gasteiger partial charge in [-0.15, -0.1) is 11.3 Å². The number of thiophene rings is 1. The minimum atomic E-state index is -4.09. The number of halogens is 2. The summed E-state index contributed by atoms with van der Waals surface area (Å²) in [5.41, 5.74) is 1.33. The third-order valence-electron chi connectivity index (χ3n) is 4.80. The van der Waals surface area contributed by atoms with Gasteiger partial charge < -0.3 is 5.32 Å². The molecule has 172 valence electrons. The van der Waals surface area contributed by atoms with Gasteiger partial charge in [0, 0.05) is 22.7 Å². The van der Waals surface area contributed by atoms with E-state index in [1.54, 1.807) is 18.2 Å². The molecule has 0 atom stereocenters.